The molecular weight excluding hydrogens is 280 g/mol. The molecule has 0 aliphatic carbocycles. The Morgan fingerprint density at radius 1 is 0.550 bits per heavy atom. The molecule has 0 atom stereocenters. The van der Waals surface area contributed by atoms with E-state index in [4.69, 9.17) is 11.1 Å². The topological polar surface area (TPSA) is 0 Å². The Morgan fingerprint density at radius 2 is 0.900 bits per heavy atom. The summed E-state index contributed by atoms with van der Waals surface area (Å²) in [5, 5.41) is 0. The number of unbranched alkanes of at least 4 members (excludes halogenated alkanes) is 10. The Kier molecular flexibility index (Phi) is 14.8. The van der Waals surface area contributed by atoms with Crippen LogP contribution in [0.25, 0.3) is 0 Å². The first-order valence-corrected chi connectivity index (χ1v) is 13.0. The van der Waals surface area contributed by atoms with Crippen LogP contribution in [0.3, 0.4) is 0 Å². The second-order valence-corrected chi connectivity index (χ2v) is 13.0. The number of hydrogen-bond donors (Lipinski definition) is 0. The molecule has 0 aromatic carbocycles. The quantitative estimate of drug-likeness (QED) is 0.163. The van der Waals surface area contributed by atoms with E-state index in [0.717, 1.165) is 0 Å². The molecular formula is C18H39ClSi. The van der Waals surface area contributed by atoms with Crippen LogP contribution in [0.1, 0.15) is 97.8 Å². The van der Waals surface area contributed by atoms with Crippen LogP contribution in [0.15, 0.2) is 0 Å². The second-order valence-electron chi connectivity index (χ2n) is 6.54. The predicted octanol–water partition coefficient (Wildman–Crippen LogP) is 7.91. The molecule has 0 aromatic heterocycles. The second kappa shape index (κ2) is 14.4. The Hall–Kier alpha value is 0.507. The molecule has 0 unspecified atom stereocenters. The molecule has 0 fully saturated rings. The molecule has 20 heavy (non-hydrogen) atoms. The smallest absolute Gasteiger partial charge is 0.156 e. The summed E-state index contributed by atoms with van der Waals surface area (Å²) in [7, 11) is -1.39. The van der Waals surface area contributed by atoms with E-state index in [1.807, 2.05) is 0 Å². The maximum atomic E-state index is 6.94. The molecule has 0 radical (unpaired) electrons. The summed E-state index contributed by atoms with van der Waals surface area (Å²) in [5.74, 6) is 0. The van der Waals surface area contributed by atoms with Crippen LogP contribution < -0.4 is 0 Å². The molecule has 0 aliphatic rings. The van der Waals surface area contributed by atoms with Gasteiger partial charge in [0.05, 0.1) is 0 Å². The Labute approximate surface area is 134 Å². The summed E-state index contributed by atoms with van der Waals surface area (Å²) in [6.45, 7) is 6.90. The first-order valence-electron chi connectivity index (χ1n) is 9.37. The summed E-state index contributed by atoms with van der Waals surface area (Å²) >= 11 is 6.94. The maximum Gasteiger partial charge on any atom is 0.156 e. The lowest BCUT2D eigenvalue weighted by Gasteiger charge is -2.23. The first kappa shape index (κ1) is 20.5. The number of halogens is 1. The third-order valence-electron chi connectivity index (χ3n) is 4.59. The van der Waals surface area contributed by atoms with Crippen LogP contribution in [-0.2, 0) is 0 Å². The van der Waals surface area contributed by atoms with E-state index < -0.39 is 7.38 Å². The summed E-state index contributed by atoms with van der Waals surface area (Å²) in [4.78, 5) is 0. The monoisotopic (exact) mass is 318 g/mol. The van der Waals surface area contributed by atoms with E-state index in [9.17, 15) is 0 Å². The van der Waals surface area contributed by atoms with Gasteiger partial charge in [-0.25, -0.2) is 0 Å². The lowest BCUT2D eigenvalue weighted by atomic mass is 10.1. The van der Waals surface area contributed by atoms with Gasteiger partial charge in [-0.1, -0.05) is 97.8 Å². The molecule has 0 rings (SSSR count). The van der Waals surface area contributed by atoms with Crippen molar-refractivity contribution in [3.05, 3.63) is 0 Å². The summed E-state index contributed by atoms with van der Waals surface area (Å²) in [6, 6.07) is 4.01. The van der Waals surface area contributed by atoms with Gasteiger partial charge in [0.2, 0.25) is 0 Å². The van der Waals surface area contributed by atoms with Gasteiger partial charge in [0.15, 0.2) is 7.38 Å². The van der Waals surface area contributed by atoms with Crippen molar-refractivity contribution < 1.29 is 0 Å². The van der Waals surface area contributed by atoms with Crippen molar-refractivity contribution in [2.24, 2.45) is 0 Å². The zero-order valence-electron chi connectivity index (χ0n) is 14.5. The van der Waals surface area contributed by atoms with Crippen LogP contribution >= 0.6 is 11.1 Å². The molecule has 0 bridgehead atoms. The van der Waals surface area contributed by atoms with Gasteiger partial charge in [-0.05, 0) is 18.1 Å². The largest absolute Gasteiger partial charge is 0.167 e. The van der Waals surface area contributed by atoms with Gasteiger partial charge in [0.25, 0.3) is 0 Å². The first-order chi connectivity index (χ1) is 9.68. The normalized spacial score (nSPS) is 12.0. The van der Waals surface area contributed by atoms with Crippen LogP contribution in [0.2, 0.25) is 18.1 Å². The van der Waals surface area contributed by atoms with E-state index >= 15 is 0 Å². The van der Waals surface area contributed by atoms with E-state index in [2.05, 4.69) is 20.8 Å². The number of hydrogen-bond acceptors (Lipinski definition) is 0. The highest BCUT2D eigenvalue weighted by Gasteiger charge is 2.27. The van der Waals surface area contributed by atoms with Gasteiger partial charge in [0, 0.05) is 0 Å². The van der Waals surface area contributed by atoms with E-state index in [1.54, 1.807) is 0 Å². The van der Waals surface area contributed by atoms with E-state index in [1.165, 1.54) is 95.2 Å². The fourth-order valence-electron chi connectivity index (χ4n) is 2.92. The molecule has 0 amide bonds. The molecule has 0 saturated carbocycles. The highest BCUT2D eigenvalue weighted by Crippen LogP contribution is 2.30. The molecule has 0 heterocycles. The average molecular weight is 319 g/mol. The Balaban J connectivity index is 3.57. The standard InChI is InChI=1S/C18H39ClSi/c1-4-7-9-11-13-15-17-20(19,6-3)18-16-14-12-10-8-5-2/h4-18H2,1-3H3. The molecule has 0 N–H and O–H groups in total. The summed E-state index contributed by atoms with van der Waals surface area (Å²) < 4.78 is 0. The van der Waals surface area contributed by atoms with Crippen LogP contribution in [0.5, 0.6) is 0 Å². The summed E-state index contributed by atoms with van der Waals surface area (Å²) in [6.07, 6.45) is 16.8. The molecule has 0 aliphatic heterocycles. The highest BCUT2D eigenvalue weighted by molar-refractivity contribution is 7.20. The van der Waals surface area contributed by atoms with E-state index in [0.29, 0.717) is 0 Å². The minimum absolute atomic E-state index is 1.28. The van der Waals surface area contributed by atoms with Crippen molar-refractivity contribution in [2.75, 3.05) is 0 Å². The Bertz CT molecular complexity index is 178. The SMILES string of the molecule is CCCCCCCC[Si](Cl)(CC)CCCCCCCC. The summed E-state index contributed by atoms with van der Waals surface area (Å²) in [5.41, 5.74) is 0. The van der Waals surface area contributed by atoms with E-state index in [-0.39, 0.29) is 0 Å². The zero-order valence-corrected chi connectivity index (χ0v) is 16.2. The zero-order chi connectivity index (χ0) is 15.1. The minimum atomic E-state index is -1.39. The van der Waals surface area contributed by atoms with Crippen molar-refractivity contribution in [1.82, 2.24) is 0 Å². The van der Waals surface area contributed by atoms with Crippen molar-refractivity contribution in [2.45, 2.75) is 116 Å². The minimum Gasteiger partial charge on any atom is -0.167 e. The average Bonchev–Trinajstić information content (AvgIpc) is 2.46. The van der Waals surface area contributed by atoms with Crippen molar-refractivity contribution in [1.29, 1.82) is 0 Å². The lowest BCUT2D eigenvalue weighted by Crippen LogP contribution is -2.25. The molecule has 0 saturated heterocycles. The van der Waals surface area contributed by atoms with Gasteiger partial charge in [0.1, 0.15) is 0 Å². The molecule has 0 spiro atoms. The van der Waals surface area contributed by atoms with Crippen molar-refractivity contribution in [3.8, 4) is 0 Å². The van der Waals surface area contributed by atoms with Crippen LogP contribution in [0, 0.1) is 0 Å². The predicted molar refractivity (Wildman–Crippen MR) is 98.5 cm³/mol. The molecule has 2 heteroatoms. The lowest BCUT2D eigenvalue weighted by molar-refractivity contribution is 0.615. The Morgan fingerprint density at radius 3 is 1.25 bits per heavy atom. The van der Waals surface area contributed by atoms with Gasteiger partial charge >= 0.3 is 0 Å². The third-order valence-corrected chi connectivity index (χ3v) is 10.3. The fourth-order valence-corrected chi connectivity index (χ4v) is 6.45. The molecule has 0 aromatic rings. The third kappa shape index (κ3) is 12.3. The van der Waals surface area contributed by atoms with Gasteiger partial charge in [-0.2, -0.15) is 11.1 Å². The fraction of sp³-hybridized carbons (Fsp3) is 1.00. The molecule has 122 valence electrons. The van der Waals surface area contributed by atoms with Gasteiger partial charge in [-0.3, -0.25) is 0 Å². The molecule has 0 nitrogen and oxygen atoms in total. The van der Waals surface area contributed by atoms with Crippen molar-refractivity contribution >= 4 is 18.5 Å². The van der Waals surface area contributed by atoms with Gasteiger partial charge < -0.3 is 0 Å². The number of rotatable bonds is 15. The highest BCUT2D eigenvalue weighted by atomic mass is 35.6. The van der Waals surface area contributed by atoms with Crippen molar-refractivity contribution in [3.63, 3.8) is 0 Å². The van der Waals surface area contributed by atoms with Gasteiger partial charge in [-0.15, -0.1) is 0 Å². The maximum absolute atomic E-state index is 6.94. The van der Waals surface area contributed by atoms with Crippen LogP contribution in [-0.4, -0.2) is 7.38 Å². The van der Waals surface area contributed by atoms with Crippen LogP contribution in [0.4, 0.5) is 0 Å².